The number of hydrogen-bond donors (Lipinski definition) is 0. The van der Waals surface area contributed by atoms with Gasteiger partial charge in [-0.25, -0.2) is 0 Å². The van der Waals surface area contributed by atoms with E-state index < -0.39 is 5.41 Å². The first-order valence-corrected chi connectivity index (χ1v) is 6.97. The van der Waals surface area contributed by atoms with Crippen LogP contribution in [0.15, 0.2) is 11.6 Å². The van der Waals surface area contributed by atoms with Crippen molar-refractivity contribution in [2.45, 2.75) is 32.6 Å². The standard InChI is InChI=1S/C16H16N4/c1-11-2-3-12(6-13(7-17)8-18)4-5-14-15(11)16(14,9-19)10-20/h6,11-12,14-15H,2-5H2,1H3. The van der Waals surface area contributed by atoms with Crippen molar-refractivity contribution in [2.24, 2.45) is 29.1 Å². The maximum atomic E-state index is 9.31. The Balaban J connectivity index is 2.14. The Hall–Kier alpha value is -2.30. The molecule has 2 rings (SSSR count). The highest BCUT2D eigenvalue weighted by Gasteiger charge is 2.67. The normalized spacial score (nSPS) is 33.6. The van der Waals surface area contributed by atoms with Crippen LogP contribution in [0.25, 0.3) is 0 Å². The summed E-state index contributed by atoms with van der Waals surface area (Å²) in [5.41, 5.74) is -0.618. The van der Waals surface area contributed by atoms with Crippen LogP contribution in [-0.4, -0.2) is 0 Å². The van der Waals surface area contributed by atoms with E-state index >= 15 is 0 Å². The van der Waals surface area contributed by atoms with Crippen molar-refractivity contribution in [3.05, 3.63) is 11.6 Å². The van der Waals surface area contributed by atoms with Gasteiger partial charge < -0.3 is 0 Å². The highest BCUT2D eigenvalue weighted by atomic mass is 14.7. The Bertz CT molecular complexity index is 560. The van der Waals surface area contributed by atoms with E-state index in [4.69, 9.17) is 10.5 Å². The van der Waals surface area contributed by atoms with Crippen molar-refractivity contribution >= 4 is 0 Å². The molecule has 100 valence electrons. The number of nitriles is 4. The van der Waals surface area contributed by atoms with E-state index in [2.05, 4.69) is 19.1 Å². The fourth-order valence-corrected chi connectivity index (χ4v) is 3.78. The van der Waals surface area contributed by atoms with Crippen molar-refractivity contribution in [1.29, 1.82) is 21.0 Å². The topological polar surface area (TPSA) is 95.2 Å². The monoisotopic (exact) mass is 264 g/mol. The average molecular weight is 264 g/mol. The average Bonchev–Trinajstić information content (AvgIpc) is 3.12. The number of rotatable bonds is 1. The molecule has 0 radical (unpaired) electrons. The predicted octanol–water partition coefficient (Wildman–Crippen LogP) is 3.07. The first-order chi connectivity index (χ1) is 9.62. The van der Waals surface area contributed by atoms with Gasteiger partial charge in [0.25, 0.3) is 0 Å². The van der Waals surface area contributed by atoms with Gasteiger partial charge in [0.1, 0.15) is 23.1 Å². The summed E-state index contributed by atoms with van der Waals surface area (Å²) in [4.78, 5) is 0. The van der Waals surface area contributed by atoms with Crippen molar-refractivity contribution in [3.63, 3.8) is 0 Å². The molecule has 0 aliphatic heterocycles. The zero-order valence-electron chi connectivity index (χ0n) is 11.5. The summed E-state index contributed by atoms with van der Waals surface area (Å²) >= 11 is 0. The van der Waals surface area contributed by atoms with Crippen LogP contribution in [0.1, 0.15) is 32.6 Å². The van der Waals surface area contributed by atoms with Crippen LogP contribution in [0, 0.1) is 74.4 Å². The third-order valence-electron chi connectivity index (χ3n) is 4.90. The van der Waals surface area contributed by atoms with Gasteiger partial charge in [-0.2, -0.15) is 21.0 Å². The molecule has 0 amide bonds. The van der Waals surface area contributed by atoms with E-state index in [1.54, 1.807) is 6.08 Å². The molecule has 0 saturated heterocycles. The summed E-state index contributed by atoms with van der Waals surface area (Å²) in [5.74, 6) is 0.927. The lowest BCUT2D eigenvalue weighted by molar-refractivity contribution is 0.343. The molecule has 2 aliphatic carbocycles. The second-order valence-electron chi connectivity index (χ2n) is 5.92. The van der Waals surface area contributed by atoms with Gasteiger partial charge in [0.2, 0.25) is 0 Å². The van der Waals surface area contributed by atoms with E-state index in [1.807, 2.05) is 12.1 Å². The Morgan fingerprint density at radius 1 is 1.00 bits per heavy atom. The van der Waals surface area contributed by atoms with Crippen molar-refractivity contribution in [2.75, 3.05) is 0 Å². The Morgan fingerprint density at radius 3 is 2.15 bits per heavy atom. The molecule has 2 saturated carbocycles. The smallest absolute Gasteiger partial charge is 0.150 e. The first-order valence-electron chi connectivity index (χ1n) is 6.97. The molecule has 4 unspecified atom stereocenters. The second-order valence-corrected chi connectivity index (χ2v) is 5.92. The van der Waals surface area contributed by atoms with Crippen molar-refractivity contribution in [1.82, 2.24) is 0 Å². The number of allylic oxidation sites excluding steroid dienone is 2. The molecule has 0 spiro atoms. The zero-order valence-corrected chi connectivity index (χ0v) is 11.5. The fourth-order valence-electron chi connectivity index (χ4n) is 3.78. The molecule has 0 N–H and O–H groups in total. The number of nitrogens with zero attached hydrogens (tertiary/aromatic N) is 4. The molecule has 0 aromatic heterocycles. The molecule has 4 heteroatoms. The number of hydrogen-bond acceptors (Lipinski definition) is 4. The first kappa shape index (κ1) is 14.1. The van der Waals surface area contributed by atoms with Gasteiger partial charge in [-0.1, -0.05) is 13.0 Å². The zero-order chi connectivity index (χ0) is 14.8. The van der Waals surface area contributed by atoms with E-state index in [1.165, 1.54) is 0 Å². The summed E-state index contributed by atoms with van der Waals surface area (Å²) in [5, 5.41) is 36.3. The van der Waals surface area contributed by atoms with Gasteiger partial charge in [0, 0.05) is 0 Å². The lowest BCUT2D eigenvalue weighted by atomic mass is 9.85. The van der Waals surface area contributed by atoms with Crippen LogP contribution in [0.2, 0.25) is 0 Å². The highest BCUT2D eigenvalue weighted by molar-refractivity contribution is 5.36. The lowest BCUT2D eigenvalue weighted by Gasteiger charge is -2.19. The summed E-state index contributed by atoms with van der Waals surface area (Å²) in [6.45, 7) is 2.11. The molecule has 0 aromatic rings. The van der Waals surface area contributed by atoms with Crippen molar-refractivity contribution in [3.8, 4) is 24.3 Å². The fraction of sp³-hybridized carbons (Fsp3) is 0.625. The maximum absolute atomic E-state index is 9.31. The molecule has 2 fully saturated rings. The van der Waals surface area contributed by atoms with Crippen LogP contribution in [0.4, 0.5) is 0 Å². The van der Waals surface area contributed by atoms with Gasteiger partial charge in [-0.05, 0) is 49.4 Å². The second kappa shape index (κ2) is 5.36. The number of fused-ring (bicyclic) bond motifs is 1. The summed E-state index contributed by atoms with van der Waals surface area (Å²) in [7, 11) is 0. The molecule has 0 aromatic carbocycles. The molecular weight excluding hydrogens is 248 g/mol. The van der Waals surface area contributed by atoms with Crippen LogP contribution >= 0.6 is 0 Å². The van der Waals surface area contributed by atoms with E-state index in [0.717, 1.165) is 25.7 Å². The minimum atomic E-state index is -0.786. The van der Waals surface area contributed by atoms with Crippen LogP contribution < -0.4 is 0 Å². The molecule has 0 heterocycles. The minimum absolute atomic E-state index is 0.163. The Kier molecular flexibility index (Phi) is 3.79. The lowest BCUT2D eigenvalue weighted by Crippen LogP contribution is -2.09. The third kappa shape index (κ3) is 2.15. The van der Waals surface area contributed by atoms with Crippen LogP contribution in [-0.2, 0) is 0 Å². The highest BCUT2D eigenvalue weighted by Crippen LogP contribution is 2.65. The quantitative estimate of drug-likeness (QED) is 0.680. The van der Waals surface area contributed by atoms with Gasteiger partial charge in [0.15, 0.2) is 0 Å². The van der Waals surface area contributed by atoms with Gasteiger partial charge >= 0.3 is 0 Å². The SMILES string of the molecule is CC1CCC(C=C(C#N)C#N)CCC2C1C2(C#N)C#N. The van der Waals surface area contributed by atoms with Gasteiger partial charge in [-0.15, -0.1) is 0 Å². The van der Waals surface area contributed by atoms with E-state index in [-0.39, 0.29) is 23.3 Å². The van der Waals surface area contributed by atoms with Crippen LogP contribution in [0.3, 0.4) is 0 Å². The van der Waals surface area contributed by atoms with Crippen molar-refractivity contribution < 1.29 is 0 Å². The molecule has 20 heavy (non-hydrogen) atoms. The van der Waals surface area contributed by atoms with Gasteiger partial charge in [-0.3, -0.25) is 0 Å². The largest absolute Gasteiger partial charge is 0.197 e. The molecular formula is C16H16N4. The minimum Gasteiger partial charge on any atom is -0.197 e. The van der Waals surface area contributed by atoms with E-state index in [0.29, 0.717) is 5.92 Å². The van der Waals surface area contributed by atoms with Gasteiger partial charge in [0.05, 0.1) is 12.1 Å². The Morgan fingerprint density at radius 2 is 1.60 bits per heavy atom. The summed E-state index contributed by atoms with van der Waals surface area (Å²) in [6, 6.07) is 8.26. The predicted molar refractivity (Wildman–Crippen MR) is 71.1 cm³/mol. The molecule has 0 bridgehead atoms. The molecule has 2 aliphatic rings. The maximum Gasteiger partial charge on any atom is 0.150 e. The summed E-state index contributed by atoms with van der Waals surface area (Å²) in [6.07, 6.45) is 5.31. The third-order valence-corrected chi connectivity index (χ3v) is 4.90. The molecule has 4 atom stereocenters. The molecule has 4 nitrogen and oxygen atoms in total. The van der Waals surface area contributed by atoms with E-state index in [9.17, 15) is 10.5 Å². The van der Waals surface area contributed by atoms with Crippen LogP contribution in [0.5, 0.6) is 0 Å². The summed E-state index contributed by atoms with van der Waals surface area (Å²) < 4.78 is 0. The Labute approximate surface area is 119 Å².